The monoisotopic (exact) mass is 290 g/mol. The van der Waals surface area contributed by atoms with Gasteiger partial charge in [0.05, 0.1) is 12.6 Å². The Bertz CT molecular complexity index is 450. The average molecular weight is 290 g/mol. The Kier molecular flexibility index (Phi) is 5.76. The smallest absolute Gasteiger partial charge is 0.238 e. The predicted octanol–water partition coefficient (Wildman–Crippen LogP) is 2.60. The van der Waals surface area contributed by atoms with Gasteiger partial charge in [0.25, 0.3) is 0 Å². The summed E-state index contributed by atoms with van der Waals surface area (Å²) in [6, 6.07) is 8.11. The fourth-order valence-corrected chi connectivity index (χ4v) is 2.61. The third-order valence-electron chi connectivity index (χ3n) is 4.30. The molecule has 1 aliphatic rings. The number of likely N-dealkylation sites (tertiary alicyclic amines) is 1. The molecule has 2 N–H and O–H groups in total. The van der Waals surface area contributed by atoms with Gasteiger partial charge in [0, 0.05) is 18.8 Å². The number of nitrogens with zero attached hydrogens (tertiary/aromatic N) is 1. The fourth-order valence-electron chi connectivity index (χ4n) is 2.61. The first-order valence-electron chi connectivity index (χ1n) is 7.88. The van der Waals surface area contributed by atoms with Crippen molar-refractivity contribution in [3.05, 3.63) is 29.8 Å². The minimum atomic E-state index is -0.197. The summed E-state index contributed by atoms with van der Waals surface area (Å²) in [5.74, 6) is 0.567. The van der Waals surface area contributed by atoms with Gasteiger partial charge < -0.3 is 10.4 Å². The number of rotatable bonds is 5. The molecular formula is C17H26N2O2. The Morgan fingerprint density at radius 3 is 2.52 bits per heavy atom. The van der Waals surface area contributed by atoms with Gasteiger partial charge in [-0.1, -0.05) is 26.0 Å². The van der Waals surface area contributed by atoms with Crippen LogP contribution in [-0.4, -0.2) is 41.7 Å². The number of carbonyl (C=O) groups excluding carboxylic acids is 1. The largest absolute Gasteiger partial charge is 0.393 e. The molecule has 0 bridgehead atoms. The molecular weight excluding hydrogens is 264 g/mol. The molecule has 0 aliphatic carbocycles. The highest BCUT2D eigenvalue weighted by molar-refractivity contribution is 5.92. The van der Waals surface area contributed by atoms with E-state index in [4.69, 9.17) is 0 Å². The van der Waals surface area contributed by atoms with Crippen LogP contribution in [0.5, 0.6) is 0 Å². The van der Waals surface area contributed by atoms with E-state index >= 15 is 0 Å². The average Bonchev–Trinajstić information content (AvgIpc) is 2.49. The Morgan fingerprint density at radius 1 is 1.33 bits per heavy atom. The molecule has 1 amide bonds. The summed E-state index contributed by atoms with van der Waals surface area (Å²) in [5, 5.41) is 12.4. The highest BCUT2D eigenvalue weighted by Gasteiger charge is 2.18. The van der Waals surface area contributed by atoms with E-state index in [0.29, 0.717) is 12.5 Å². The van der Waals surface area contributed by atoms with Crippen molar-refractivity contribution in [3.8, 4) is 0 Å². The molecule has 1 aromatic rings. The minimum absolute atomic E-state index is 0.0164. The van der Waals surface area contributed by atoms with Crippen LogP contribution < -0.4 is 5.32 Å². The van der Waals surface area contributed by atoms with Crippen molar-refractivity contribution < 1.29 is 9.90 Å². The van der Waals surface area contributed by atoms with E-state index < -0.39 is 0 Å². The van der Waals surface area contributed by atoms with E-state index in [0.717, 1.165) is 38.0 Å². The lowest BCUT2D eigenvalue weighted by molar-refractivity contribution is -0.117. The van der Waals surface area contributed by atoms with Gasteiger partial charge in [0.2, 0.25) is 5.91 Å². The van der Waals surface area contributed by atoms with Crippen LogP contribution in [0.3, 0.4) is 0 Å². The third-order valence-corrected chi connectivity index (χ3v) is 4.30. The zero-order valence-corrected chi connectivity index (χ0v) is 13.0. The number of benzene rings is 1. The molecule has 1 heterocycles. The zero-order valence-electron chi connectivity index (χ0n) is 13.0. The first-order chi connectivity index (χ1) is 10.1. The van der Waals surface area contributed by atoms with Crippen molar-refractivity contribution in [2.24, 2.45) is 0 Å². The van der Waals surface area contributed by atoms with Crippen LogP contribution in [0.4, 0.5) is 5.69 Å². The molecule has 2 rings (SSSR count). The summed E-state index contributed by atoms with van der Waals surface area (Å²) in [7, 11) is 0. The fraction of sp³-hybridized carbons (Fsp3) is 0.588. The molecule has 116 valence electrons. The lowest BCUT2D eigenvalue weighted by Crippen LogP contribution is -2.40. The van der Waals surface area contributed by atoms with Crippen molar-refractivity contribution >= 4 is 11.6 Å². The second-order valence-corrected chi connectivity index (χ2v) is 5.99. The van der Waals surface area contributed by atoms with Gasteiger partial charge in [-0.25, -0.2) is 0 Å². The Balaban J connectivity index is 1.82. The number of anilines is 1. The third kappa shape index (κ3) is 4.83. The van der Waals surface area contributed by atoms with Crippen LogP contribution in [0.15, 0.2) is 24.3 Å². The number of aliphatic hydroxyl groups is 1. The van der Waals surface area contributed by atoms with Crippen LogP contribution in [0.1, 0.15) is 44.6 Å². The molecule has 1 aromatic carbocycles. The summed E-state index contributed by atoms with van der Waals surface area (Å²) < 4.78 is 0. The summed E-state index contributed by atoms with van der Waals surface area (Å²) in [6.07, 6.45) is 2.44. The molecule has 21 heavy (non-hydrogen) atoms. The second-order valence-electron chi connectivity index (χ2n) is 5.99. The van der Waals surface area contributed by atoms with Crippen molar-refractivity contribution in [1.29, 1.82) is 0 Å². The van der Waals surface area contributed by atoms with Crippen molar-refractivity contribution in [1.82, 2.24) is 4.90 Å². The van der Waals surface area contributed by atoms with E-state index in [2.05, 4.69) is 36.2 Å². The topological polar surface area (TPSA) is 52.6 Å². The summed E-state index contributed by atoms with van der Waals surface area (Å²) in [5.41, 5.74) is 2.16. The summed E-state index contributed by atoms with van der Waals surface area (Å²) in [6.45, 7) is 6.37. The molecule has 4 nitrogen and oxygen atoms in total. The van der Waals surface area contributed by atoms with Gasteiger partial charge in [-0.3, -0.25) is 9.69 Å². The van der Waals surface area contributed by atoms with Gasteiger partial charge in [-0.2, -0.15) is 0 Å². The first-order valence-corrected chi connectivity index (χ1v) is 7.88. The number of aliphatic hydroxyl groups excluding tert-OH is 1. The van der Waals surface area contributed by atoms with E-state index in [9.17, 15) is 9.90 Å². The van der Waals surface area contributed by atoms with Crippen molar-refractivity contribution in [2.75, 3.05) is 25.0 Å². The van der Waals surface area contributed by atoms with Gasteiger partial charge in [0.1, 0.15) is 0 Å². The standard InChI is InChI=1S/C17H26N2O2/c1-3-13(2)14-4-6-15(7-5-14)18-17(21)12-19-10-8-16(20)9-11-19/h4-7,13,16,20H,3,8-12H2,1-2H3,(H,18,21). The maximum atomic E-state index is 12.0. The molecule has 1 saturated heterocycles. The number of carbonyl (C=O) groups is 1. The number of amides is 1. The van der Waals surface area contributed by atoms with E-state index in [1.807, 2.05) is 12.1 Å². The van der Waals surface area contributed by atoms with Crippen LogP contribution >= 0.6 is 0 Å². The van der Waals surface area contributed by atoms with E-state index in [-0.39, 0.29) is 12.0 Å². The molecule has 4 heteroatoms. The second kappa shape index (κ2) is 7.57. The molecule has 0 saturated carbocycles. The number of hydrogen-bond acceptors (Lipinski definition) is 3. The lowest BCUT2D eigenvalue weighted by Gasteiger charge is -2.28. The van der Waals surface area contributed by atoms with E-state index in [1.165, 1.54) is 5.56 Å². The maximum absolute atomic E-state index is 12.0. The normalized spacial score (nSPS) is 18.4. The molecule has 0 radical (unpaired) electrons. The molecule has 0 aromatic heterocycles. The quantitative estimate of drug-likeness (QED) is 0.876. The molecule has 1 fully saturated rings. The van der Waals surface area contributed by atoms with Crippen molar-refractivity contribution in [2.45, 2.75) is 45.1 Å². The van der Waals surface area contributed by atoms with Gasteiger partial charge in [0.15, 0.2) is 0 Å². The van der Waals surface area contributed by atoms with E-state index in [1.54, 1.807) is 0 Å². The molecule has 1 unspecified atom stereocenters. The highest BCUT2D eigenvalue weighted by atomic mass is 16.3. The van der Waals surface area contributed by atoms with Gasteiger partial charge in [-0.05, 0) is 42.9 Å². The lowest BCUT2D eigenvalue weighted by atomic mass is 9.99. The predicted molar refractivity (Wildman–Crippen MR) is 85.5 cm³/mol. The number of nitrogens with one attached hydrogen (secondary N) is 1. The van der Waals surface area contributed by atoms with Gasteiger partial charge >= 0.3 is 0 Å². The molecule has 1 aliphatic heterocycles. The van der Waals surface area contributed by atoms with Crippen LogP contribution in [0.2, 0.25) is 0 Å². The van der Waals surface area contributed by atoms with Crippen LogP contribution in [0.25, 0.3) is 0 Å². The number of hydrogen-bond donors (Lipinski definition) is 2. The Hall–Kier alpha value is -1.39. The maximum Gasteiger partial charge on any atom is 0.238 e. The summed E-state index contributed by atoms with van der Waals surface area (Å²) >= 11 is 0. The SMILES string of the molecule is CCC(C)c1ccc(NC(=O)CN2CCC(O)CC2)cc1. The van der Waals surface area contributed by atoms with Gasteiger partial charge in [-0.15, -0.1) is 0 Å². The number of piperidine rings is 1. The minimum Gasteiger partial charge on any atom is -0.393 e. The Morgan fingerprint density at radius 2 is 1.95 bits per heavy atom. The zero-order chi connectivity index (χ0) is 15.2. The Labute approximate surface area is 127 Å². The van der Waals surface area contributed by atoms with Crippen LogP contribution in [-0.2, 0) is 4.79 Å². The summed E-state index contributed by atoms with van der Waals surface area (Å²) in [4.78, 5) is 14.1. The molecule has 1 atom stereocenters. The first kappa shape index (κ1) is 16.0. The highest BCUT2D eigenvalue weighted by Crippen LogP contribution is 2.20. The molecule has 0 spiro atoms. The van der Waals surface area contributed by atoms with Crippen molar-refractivity contribution in [3.63, 3.8) is 0 Å². The van der Waals surface area contributed by atoms with Crippen LogP contribution in [0, 0.1) is 0 Å².